The number of benzene rings is 1. The van der Waals surface area contributed by atoms with Crippen molar-refractivity contribution in [2.45, 2.75) is 32.2 Å². The van der Waals surface area contributed by atoms with Crippen LogP contribution < -0.4 is 0 Å². The summed E-state index contributed by atoms with van der Waals surface area (Å²) in [5.74, 6) is -2.00. The van der Waals surface area contributed by atoms with Crippen molar-refractivity contribution in [3.05, 3.63) is 34.9 Å². The number of piperidine rings is 1. The van der Waals surface area contributed by atoms with Crippen LogP contribution in [-0.2, 0) is 4.74 Å². The molecule has 27 heavy (non-hydrogen) atoms. The number of hydrogen-bond acceptors (Lipinski definition) is 4. The molecule has 1 amide bonds. The monoisotopic (exact) mass is 382 g/mol. The fraction of sp³-hybridized carbons (Fsp3) is 0.650. The number of hydrogen-bond donors (Lipinski definition) is 1. The van der Waals surface area contributed by atoms with Gasteiger partial charge in [0.15, 0.2) is 0 Å². The summed E-state index contributed by atoms with van der Waals surface area (Å²) in [6.07, 6.45) is 2.19. The third-order valence-electron chi connectivity index (χ3n) is 5.73. The summed E-state index contributed by atoms with van der Waals surface area (Å²) in [6.45, 7) is 5.67. The van der Waals surface area contributed by atoms with E-state index in [0.29, 0.717) is 38.8 Å². The summed E-state index contributed by atoms with van der Waals surface area (Å²) in [4.78, 5) is 16.8. The van der Waals surface area contributed by atoms with E-state index >= 15 is 0 Å². The molecule has 0 spiro atoms. The maximum Gasteiger partial charge on any atom is 0.259 e. The minimum Gasteiger partial charge on any atom is -0.396 e. The first-order valence-electron chi connectivity index (χ1n) is 9.69. The van der Waals surface area contributed by atoms with Crippen molar-refractivity contribution in [2.75, 3.05) is 46.0 Å². The van der Waals surface area contributed by atoms with Gasteiger partial charge in [-0.2, -0.15) is 0 Å². The van der Waals surface area contributed by atoms with Crippen LogP contribution in [0.15, 0.2) is 12.1 Å². The largest absolute Gasteiger partial charge is 0.396 e. The van der Waals surface area contributed by atoms with Crippen LogP contribution in [0.25, 0.3) is 0 Å². The van der Waals surface area contributed by atoms with Gasteiger partial charge in [0, 0.05) is 38.8 Å². The van der Waals surface area contributed by atoms with E-state index in [0.717, 1.165) is 32.0 Å². The lowest BCUT2D eigenvalue weighted by Gasteiger charge is -2.45. The van der Waals surface area contributed by atoms with Crippen molar-refractivity contribution in [3.63, 3.8) is 0 Å². The first-order valence-corrected chi connectivity index (χ1v) is 9.69. The van der Waals surface area contributed by atoms with Crippen molar-refractivity contribution in [2.24, 2.45) is 5.92 Å². The van der Waals surface area contributed by atoms with E-state index in [1.807, 2.05) is 0 Å². The van der Waals surface area contributed by atoms with Gasteiger partial charge >= 0.3 is 0 Å². The second kappa shape index (κ2) is 9.08. The Morgan fingerprint density at radius 2 is 2.00 bits per heavy atom. The van der Waals surface area contributed by atoms with Crippen LogP contribution in [-0.4, -0.2) is 72.9 Å². The van der Waals surface area contributed by atoms with Crippen LogP contribution in [0.2, 0.25) is 0 Å². The Balaban J connectivity index is 1.76. The van der Waals surface area contributed by atoms with Gasteiger partial charge in [-0.1, -0.05) is 6.07 Å². The summed E-state index contributed by atoms with van der Waals surface area (Å²) >= 11 is 0. The number of likely N-dealkylation sites (tertiary alicyclic amines) is 1. The minimum atomic E-state index is -0.815. The molecule has 2 atom stereocenters. The highest BCUT2D eigenvalue weighted by atomic mass is 19.1. The average molecular weight is 382 g/mol. The Kier molecular flexibility index (Phi) is 6.78. The molecule has 1 aromatic rings. The molecule has 2 fully saturated rings. The van der Waals surface area contributed by atoms with E-state index in [2.05, 4.69) is 4.90 Å². The molecule has 2 saturated heterocycles. The number of carbonyl (C=O) groups is 1. The van der Waals surface area contributed by atoms with Gasteiger partial charge in [0.05, 0.1) is 13.2 Å². The van der Waals surface area contributed by atoms with Crippen LogP contribution >= 0.6 is 0 Å². The number of carbonyl (C=O) groups excluding carboxylic acids is 1. The predicted octanol–water partition coefficient (Wildman–Crippen LogP) is 2.21. The molecule has 150 valence electrons. The molecule has 0 bridgehead atoms. The molecule has 0 unspecified atom stereocenters. The summed E-state index contributed by atoms with van der Waals surface area (Å²) in [5.41, 5.74) is -0.194. The third kappa shape index (κ3) is 4.47. The quantitative estimate of drug-likeness (QED) is 0.848. The smallest absolute Gasteiger partial charge is 0.259 e. The number of amides is 1. The second-order valence-corrected chi connectivity index (χ2v) is 7.43. The van der Waals surface area contributed by atoms with Crippen LogP contribution in [0, 0.1) is 24.5 Å². The molecule has 1 N–H and O–H groups in total. The zero-order chi connectivity index (χ0) is 19.4. The minimum absolute atomic E-state index is 0.0986. The maximum absolute atomic E-state index is 14.4. The normalized spacial score (nSPS) is 24.2. The number of aliphatic hydroxyl groups excluding tert-OH is 1. The van der Waals surface area contributed by atoms with Gasteiger partial charge in [0.2, 0.25) is 0 Å². The van der Waals surface area contributed by atoms with E-state index in [-0.39, 0.29) is 18.1 Å². The summed E-state index contributed by atoms with van der Waals surface area (Å²) < 4.78 is 34.0. The van der Waals surface area contributed by atoms with Gasteiger partial charge in [0.1, 0.15) is 17.2 Å². The molecule has 1 aromatic carbocycles. The predicted molar refractivity (Wildman–Crippen MR) is 97.6 cm³/mol. The molecule has 5 nitrogen and oxygen atoms in total. The Bertz CT molecular complexity index is 665. The topological polar surface area (TPSA) is 53.0 Å². The van der Waals surface area contributed by atoms with Crippen LogP contribution in [0.5, 0.6) is 0 Å². The molecule has 7 heteroatoms. The Morgan fingerprint density at radius 1 is 1.26 bits per heavy atom. The fourth-order valence-electron chi connectivity index (χ4n) is 4.24. The van der Waals surface area contributed by atoms with Crippen LogP contribution in [0.3, 0.4) is 0 Å². The Morgan fingerprint density at radius 3 is 2.70 bits per heavy atom. The standard InChI is InChI=1S/C20H28F2N2O3/c1-14-4-5-16(21)18(19(14)22)20(26)24-7-6-17(15(13-24)3-2-10-25)23-8-11-27-12-9-23/h4-5,15,17,25H,2-3,6-13H2,1H3/t15-,17+/m1/s1. The zero-order valence-corrected chi connectivity index (χ0v) is 15.8. The number of nitrogens with zero attached hydrogens (tertiary/aromatic N) is 2. The van der Waals surface area contributed by atoms with Gasteiger partial charge < -0.3 is 14.7 Å². The second-order valence-electron chi connectivity index (χ2n) is 7.43. The van der Waals surface area contributed by atoms with E-state index < -0.39 is 23.1 Å². The molecule has 0 saturated carbocycles. The molecule has 2 aliphatic heterocycles. The highest BCUT2D eigenvalue weighted by molar-refractivity contribution is 5.95. The molecular weight excluding hydrogens is 354 g/mol. The van der Waals surface area contributed by atoms with E-state index in [1.165, 1.54) is 13.0 Å². The van der Waals surface area contributed by atoms with Gasteiger partial charge in [-0.3, -0.25) is 9.69 Å². The molecule has 0 aromatic heterocycles. The molecule has 2 aliphatic rings. The molecule has 0 aliphatic carbocycles. The van der Waals surface area contributed by atoms with Crippen LogP contribution in [0.4, 0.5) is 8.78 Å². The van der Waals surface area contributed by atoms with Crippen molar-refractivity contribution in [1.82, 2.24) is 9.80 Å². The van der Waals surface area contributed by atoms with Gasteiger partial charge in [-0.05, 0) is 43.7 Å². The first kappa shape index (κ1) is 20.2. The van der Waals surface area contributed by atoms with E-state index in [9.17, 15) is 18.7 Å². The molecule has 3 rings (SSSR count). The average Bonchev–Trinajstić information content (AvgIpc) is 2.70. The Hall–Kier alpha value is -1.57. The van der Waals surface area contributed by atoms with Crippen molar-refractivity contribution in [3.8, 4) is 0 Å². The van der Waals surface area contributed by atoms with E-state index in [4.69, 9.17) is 4.74 Å². The summed E-state index contributed by atoms with van der Waals surface area (Å²) in [5, 5.41) is 9.24. The maximum atomic E-state index is 14.4. The number of morpholine rings is 1. The lowest BCUT2D eigenvalue weighted by atomic mass is 9.86. The van der Waals surface area contributed by atoms with E-state index in [1.54, 1.807) is 4.90 Å². The van der Waals surface area contributed by atoms with Crippen LogP contribution in [0.1, 0.15) is 35.2 Å². The third-order valence-corrected chi connectivity index (χ3v) is 5.73. The van der Waals surface area contributed by atoms with Crippen molar-refractivity contribution < 1.29 is 23.4 Å². The number of halogens is 2. The number of aryl methyl sites for hydroxylation is 1. The SMILES string of the molecule is Cc1ccc(F)c(C(=O)N2CC[C@H](N3CCOCC3)[C@H](CCCO)C2)c1F. The van der Waals surface area contributed by atoms with Gasteiger partial charge in [-0.15, -0.1) is 0 Å². The van der Waals surface area contributed by atoms with Crippen molar-refractivity contribution in [1.29, 1.82) is 0 Å². The summed E-state index contributed by atoms with van der Waals surface area (Å²) in [6, 6.07) is 2.79. The highest BCUT2D eigenvalue weighted by Gasteiger charge is 2.36. The van der Waals surface area contributed by atoms with Crippen molar-refractivity contribution >= 4 is 5.91 Å². The number of aliphatic hydroxyl groups is 1. The Labute approximate surface area is 158 Å². The lowest BCUT2D eigenvalue weighted by Crippen LogP contribution is -2.55. The van der Waals surface area contributed by atoms with Gasteiger partial charge in [0.25, 0.3) is 5.91 Å². The highest BCUT2D eigenvalue weighted by Crippen LogP contribution is 2.29. The number of rotatable bonds is 5. The van der Waals surface area contributed by atoms with Gasteiger partial charge in [-0.25, -0.2) is 8.78 Å². The molecule has 0 radical (unpaired) electrons. The lowest BCUT2D eigenvalue weighted by molar-refractivity contribution is -0.0197. The number of ether oxygens (including phenoxy) is 1. The first-order chi connectivity index (χ1) is 13.0. The molecular formula is C20H28F2N2O3. The molecule has 2 heterocycles. The zero-order valence-electron chi connectivity index (χ0n) is 15.8. The fourth-order valence-corrected chi connectivity index (χ4v) is 4.24. The summed E-state index contributed by atoms with van der Waals surface area (Å²) in [7, 11) is 0.